The molecule has 0 bridgehead atoms. The molecule has 15 heteroatoms. The van der Waals surface area contributed by atoms with E-state index in [4.69, 9.17) is 9.84 Å². The van der Waals surface area contributed by atoms with Crippen LogP contribution in [0.1, 0.15) is 37.9 Å². The van der Waals surface area contributed by atoms with Crippen molar-refractivity contribution in [2.24, 2.45) is 0 Å². The summed E-state index contributed by atoms with van der Waals surface area (Å²) in [6.45, 7) is 1.80. The zero-order valence-electron chi connectivity index (χ0n) is 21.0. The van der Waals surface area contributed by atoms with Crippen LogP contribution in [0, 0.1) is 0 Å². The third kappa shape index (κ3) is 6.30. The van der Waals surface area contributed by atoms with Gasteiger partial charge in [-0.15, -0.1) is 0 Å². The number of aromatic nitrogens is 5. The number of carbonyl (C=O) groups is 2. The fraction of sp³-hybridized carbons (Fsp3) is 0.500. The Balaban J connectivity index is 1.37. The van der Waals surface area contributed by atoms with Crippen molar-refractivity contribution in [2.75, 3.05) is 43.1 Å². The van der Waals surface area contributed by atoms with Crippen LogP contribution in [0.2, 0.25) is 0 Å². The number of fused-ring (bicyclic) bond motifs is 1. The van der Waals surface area contributed by atoms with Crippen LogP contribution in [0.5, 0.6) is 0 Å². The molecule has 4 N–H and O–H groups in total. The van der Waals surface area contributed by atoms with E-state index in [1.807, 2.05) is 4.90 Å². The number of halogens is 2. The number of rotatable bonds is 8. The minimum absolute atomic E-state index is 0.0165. The van der Waals surface area contributed by atoms with Gasteiger partial charge in [-0.25, -0.2) is 18.6 Å². The molecule has 0 spiro atoms. The number of hydrogen-bond acceptors (Lipinski definition) is 9. The molecule has 2 amide bonds. The molecule has 1 saturated carbocycles. The second kappa shape index (κ2) is 11.7. The molecular weight excluding hydrogens is 516 g/mol. The molecule has 1 aromatic carbocycles. The highest BCUT2D eigenvalue weighted by molar-refractivity contribution is 5.81. The fourth-order valence-electron chi connectivity index (χ4n) is 4.82. The molecule has 1 aliphatic carbocycles. The van der Waals surface area contributed by atoms with E-state index in [0.717, 1.165) is 0 Å². The number of nitrogens with one attached hydrogen (secondary N) is 3. The third-order valence-electron chi connectivity index (χ3n) is 6.71. The number of amides is 2. The largest absolute Gasteiger partial charge is 0.465 e. The van der Waals surface area contributed by atoms with Crippen molar-refractivity contribution in [2.45, 2.75) is 44.2 Å². The lowest BCUT2D eigenvalue weighted by atomic mass is 9.91. The summed E-state index contributed by atoms with van der Waals surface area (Å²) in [5.74, 6) is -0.165. The second-order valence-electron chi connectivity index (χ2n) is 9.37. The molecule has 0 unspecified atom stereocenters. The quantitative estimate of drug-likeness (QED) is 0.330. The van der Waals surface area contributed by atoms with Crippen LogP contribution in [0.15, 0.2) is 24.3 Å². The van der Waals surface area contributed by atoms with Crippen LogP contribution in [0.3, 0.4) is 0 Å². The van der Waals surface area contributed by atoms with E-state index in [0.29, 0.717) is 69.0 Å². The van der Waals surface area contributed by atoms with E-state index in [2.05, 4.69) is 35.9 Å². The number of carboxylic acid groups (broad SMARTS) is 1. The minimum atomic E-state index is -2.84. The lowest BCUT2D eigenvalue weighted by molar-refractivity contribution is -0.121. The Morgan fingerprint density at radius 2 is 1.69 bits per heavy atom. The standard InChI is InChI=1S/C24H29F2N9O4/c25-19(26)20-30-16-3-1-2-4-17(16)35(20)23-32-21(31-22(33-23)34-9-11-39-12-10-34)29-15-7-5-14(6-8-15)28-18(36)13-27-24(37)38/h1-4,14-15,19,27H,5-13H2,(H,28,36)(H,37,38)(H,29,31,32,33). The maximum atomic E-state index is 14.0. The Hall–Kier alpha value is -4.14. The molecule has 0 atom stereocenters. The molecule has 0 radical (unpaired) electrons. The van der Waals surface area contributed by atoms with Gasteiger partial charge in [-0.2, -0.15) is 15.0 Å². The first-order valence-corrected chi connectivity index (χ1v) is 12.7. The Labute approximate surface area is 222 Å². The van der Waals surface area contributed by atoms with Crippen molar-refractivity contribution in [3.63, 3.8) is 0 Å². The molecule has 39 heavy (non-hydrogen) atoms. The van der Waals surface area contributed by atoms with Gasteiger partial charge in [-0.1, -0.05) is 12.1 Å². The summed E-state index contributed by atoms with van der Waals surface area (Å²) in [7, 11) is 0. The number of hydrogen-bond donors (Lipinski definition) is 4. The Kier molecular flexibility index (Phi) is 7.95. The normalized spacial score (nSPS) is 19.7. The molecule has 13 nitrogen and oxygen atoms in total. The molecule has 2 fully saturated rings. The summed E-state index contributed by atoms with van der Waals surface area (Å²) in [5, 5.41) is 16.9. The topological polar surface area (TPSA) is 159 Å². The monoisotopic (exact) mass is 545 g/mol. The van der Waals surface area contributed by atoms with Crippen molar-refractivity contribution >= 4 is 34.9 Å². The lowest BCUT2D eigenvalue weighted by Crippen LogP contribution is -2.44. The highest BCUT2D eigenvalue weighted by atomic mass is 19.3. The van der Waals surface area contributed by atoms with E-state index >= 15 is 0 Å². The van der Waals surface area contributed by atoms with Gasteiger partial charge in [0.1, 0.15) is 0 Å². The zero-order valence-corrected chi connectivity index (χ0v) is 21.0. The predicted octanol–water partition coefficient (Wildman–Crippen LogP) is 2.09. The summed E-state index contributed by atoms with van der Waals surface area (Å²) in [6.07, 6.45) is -1.36. The van der Waals surface area contributed by atoms with E-state index < -0.39 is 18.3 Å². The number of ether oxygens (including phenoxy) is 1. The number of alkyl halides is 2. The van der Waals surface area contributed by atoms with E-state index in [1.54, 1.807) is 24.3 Å². The first-order chi connectivity index (χ1) is 18.9. The van der Waals surface area contributed by atoms with Gasteiger partial charge in [-0.3, -0.25) is 9.36 Å². The molecule has 3 heterocycles. The summed E-state index contributed by atoms with van der Waals surface area (Å²) in [5.41, 5.74) is 0.876. The van der Waals surface area contributed by atoms with E-state index in [9.17, 15) is 18.4 Å². The number of nitrogens with zero attached hydrogens (tertiary/aromatic N) is 6. The summed E-state index contributed by atoms with van der Waals surface area (Å²) < 4.78 is 34.8. The average Bonchev–Trinajstić information content (AvgIpc) is 3.34. The maximum absolute atomic E-state index is 14.0. The molecule has 1 aliphatic heterocycles. The van der Waals surface area contributed by atoms with Gasteiger partial charge < -0.3 is 30.7 Å². The summed E-state index contributed by atoms with van der Waals surface area (Å²) >= 11 is 0. The molecule has 2 aromatic heterocycles. The highest BCUT2D eigenvalue weighted by Crippen LogP contribution is 2.28. The van der Waals surface area contributed by atoms with Gasteiger partial charge in [0.25, 0.3) is 6.43 Å². The van der Waals surface area contributed by atoms with Gasteiger partial charge in [0.05, 0.1) is 30.8 Å². The summed E-state index contributed by atoms with van der Waals surface area (Å²) in [6, 6.07) is 6.74. The fourth-order valence-corrected chi connectivity index (χ4v) is 4.82. The SMILES string of the molecule is O=C(O)NCC(=O)NC1CCC(Nc2nc(N3CCOCC3)nc(-n3c(C(F)F)nc4ccccc43)n2)CC1. The Morgan fingerprint density at radius 1 is 1.00 bits per heavy atom. The predicted molar refractivity (Wildman–Crippen MR) is 136 cm³/mol. The van der Waals surface area contributed by atoms with Crippen molar-refractivity contribution in [3.8, 4) is 5.95 Å². The van der Waals surface area contributed by atoms with Crippen molar-refractivity contribution < 1.29 is 28.2 Å². The van der Waals surface area contributed by atoms with Gasteiger partial charge in [0, 0.05) is 25.2 Å². The van der Waals surface area contributed by atoms with Crippen LogP contribution in [0.4, 0.5) is 25.5 Å². The first kappa shape index (κ1) is 26.5. The minimum Gasteiger partial charge on any atom is -0.465 e. The molecule has 2 aliphatic rings. The van der Waals surface area contributed by atoms with Gasteiger partial charge in [0.15, 0.2) is 5.82 Å². The highest BCUT2D eigenvalue weighted by Gasteiger charge is 2.27. The van der Waals surface area contributed by atoms with E-state index in [1.165, 1.54) is 4.57 Å². The van der Waals surface area contributed by atoms with E-state index in [-0.39, 0.29) is 36.4 Å². The Bertz CT molecular complexity index is 1320. The van der Waals surface area contributed by atoms with Gasteiger partial charge in [0.2, 0.25) is 23.8 Å². The smallest absolute Gasteiger partial charge is 0.405 e. The number of anilines is 2. The van der Waals surface area contributed by atoms with Crippen LogP contribution < -0.4 is 20.9 Å². The van der Waals surface area contributed by atoms with Crippen LogP contribution >= 0.6 is 0 Å². The average molecular weight is 546 g/mol. The number of morpholine rings is 1. The van der Waals surface area contributed by atoms with Crippen LogP contribution in [-0.2, 0) is 9.53 Å². The number of benzene rings is 1. The zero-order chi connectivity index (χ0) is 27.4. The molecule has 3 aromatic rings. The number of para-hydroxylation sites is 2. The molecule has 1 saturated heterocycles. The van der Waals surface area contributed by atoms with Gasteiger partial charge in [-0.05, 0) is 37.8 Å². The van der Waals surface area contributed by atoms with Crippen molar-refractivity contribution in [1.82, 2.24) is 35.1 Å². The number of imidazole rings is 1. The number of carbonyl (C=O) groups excluding carboxylic acids is 1. The van der Waals surface area contributed by atoms with Crippen molar-refractivity contribution in [1.29, 1.82) is 0 Å². The molecular formula is C24H29F2N9O4. The second-order valence-corrected chi connectivity index (χ2v) is 9.37. The van der Waals surface area contributed by atoms with Crippen LogP contribution in [0.25, 0.3) is 17.0 Å². The van der Waals surface area contributed by atoms with Crippen molar-refractivity contribution in [3.05, 3.63) is 30.1 Å². The molecule has 208 valence electrons. The first-order valence-electron chi connectivity index (χ1n) is 12.7. The third-order valence-corrected chi connectivity index (χ3v) is 6.71. The summed E-state index contributed by atoms with van der Waals surface area (Å²) in [4.78, 5) is 42.3. The van der Waals surface area contributed by atoms with Crippen LogP contribution in [-0.4, -0.2) is 86.5 Å². The van der Waals surface area contributed by atoms with Gasteiger partial charge >= 0.3 is 6.09 Å². The lowest BCUT2D eigenvalue weighted by Gasteiger charge is -2.30. The maximum Gasteiger partial charge on any atom is 0.405 e. The molecule has 5 rings (SSSR count). The Morgan fingerprint density at radius 3 is 2.41 bits per heavy atom.